The van der Waals surface area contributed by atoms with Crippen LogP contribution in [-0.2, 0) is 45.8 Å². The summed E-state index contributed by atoms with van der Waals surface area (Å²) in [5.41, 5.74) is 18.5. The molecule has 75 heavy (non-hydrogen) atoms. The Bertz CT molecular complexity index is 3020. The molecule has 380 valence electrons. The summed E-state index contributed by atoms with van der Waals surface area (Å²) in [5.74, 6) is 1.34. The standard InChI is InChI=1S/C41H49N9.2C10H8N2.Os/c1-4-34(28-38(36-7-15-43-16-8-36)26-32(3)35-9-19-49(20-10-35)24-14-42)37-11-21-48(22-12-37)23-13-39-30-50(47-46-39)29-33-6-18-45-41(27-33)40-25-31(2)5-17-44-40;2*1-3-7-11-9(5-1)10-6-2-4-8-12-10;/h5-12,15-22,25,27,30,32,34,38H,4,13-14,23-24,26,28-29,42H2,1-3H3;2*1-8H;/q+2;;;. The Balaban J connectivity index is 0.000000265. The SMILES string of the molecule is CCC(CC(CC(C)c1cc[n+](CCN)cc1)c1ccncc1)c1cc[n+](CCc2cn(Cc3ccnc(-c4cc(C)ccn4)c3)nn2)cc1.[Os].c1ccc(-c2ccccn2)nc1.c1ccc(-c2ccccn2)nc1. The summed E-state index contributed by atoms with van der Waals surface area (Å²) in [6.07, 6.45) is 29.4. The molecule has 3 atom stereocenters. The van der Waals surface area contributed by atoms with Crippen molar-refractivity contribution in [3.05, 3.63) is 248 Å². The van der Waals surface area contributed by atoms with Gasteiger partial charge in [-0.3, -0.25) is 34.9 Å². The second-order valence-electron chi connectivity index (χ2n) is 18.3. The molecule has 0 fully saturated rings. The van der Waals surface area contributed by atoms with E-state index in [0.717, 1.165) is 89.8 Å². The van der Waals surface area contributed by atoms with E-state index in [9.17, 15) is 0 Å². The monoisotopic (exact) mass is 1170 g/mol. The normalized spacial score (nSPS) is 11.9. The van der Waals surface area contributed by atoms with Crippen molar-refractivity contribution in [2.75, 3.05) is 6.54 Å². The maximum Gasteiger partial charge on any atom is 0.169 e. The van der Waals surface area contributed by atoms with Crippen LogP contribution in [0.15, 0.2) is 214 Å². The Morgan fingerprint density at radius 2 is 1.03 bits per heavy atom. The molecular formula is C61H65N13Os+2. The van der Waals surface area contributed by atoms with Crippen molar-refractivity contribution >= 4 is 0 Å². The van der Waals surface area contributed by atoms with Crippen molar-refractivity contribution in [1.82, 2.24) is 49.9 Å². The molecule has 10 aromatic heterocycles. The number of aryl methyl sites for hydroxylation is 3. The summed E-state index contributed by atoms with van der Waals surface area (Å²) in [4.78, 5) is 30.1. The molecule has 13 nitrogen and oxygen atoms in total. The van der Waals surface area contributed by atoms with Gasteiger partial charge in [0.05, 0.1) is 59.4 Å². The van der Waals surface area contributed by atoms with Gasteiger partial charge in [0, 0.05) is 99.8 Å². The molecule has 0 saturated carbocycles. The number of rotatable bonds is 18. The van der Waals surface area contributed by atoms with Gasteiger partial charge in [-0.25, -0.2) is 13.8 Å². The first-order valence-electron chi connectivity index (χ1n) is 25.4. The van der Waals surface area contributed by atoms with E-state index in [-0.39, 0.29) is 19.8 Å². The Hall–Kier alpha value is -7.91. The van der Waals surface area contributed by atoms with Crippen molar-refractivity contribution < 1.29 is 28.9 Å². The smallest absolute Gasteiger partial charge is 0.169 e. The van der Waals surface area contributed by atoms with E-state index >= 15 is 0 Å². The fourth-order valence-electron chi connectivity index (χ4n) is 8.84. The molecule has 14 heteroatoms. The Morgan fingerprint density at radius 1 is 0.520 bits per heavy atom. The fourth-order valence-corrected chi connectivity index (χ4v) is 8.84. The Labute approximate surface area is 454 Å². The third-order valence-electron chi connectivity index (χ3n) is 12.9. The zero-order valence-electron chi connectivity index (χ0n) is 42.9. The number of nitrogens with zero attached hydrogens (tertiary/aromatic N) is 12. The topological polar surface area (TPSA) is 155 Å². The van der Waals surface area contributed by atoms with Gasteiger partial charge >= 0.3 is 0 Å². The molecule has 0 bridgehead atoms. The Morgan fingerprint density at radius 3 is 1.55 bits per heavy atom. The second kappa shape index (κ2) is 29.1. The van der Waals surface area contributed by atoms with Crippen LogP contribution in [0.25, 0.3) is 34.2 Å². The van der Waals surface area contributed by atoms with E-state index in [1.54, 1.807) is 24.8 Å². The van der Waals surface area contributed by atoms with Gasteiger partial charge in [0.1, 0.15) is 0 Å². The molecule has 0 amide bonds. The van der Waals surface area contributed by atoms with E-state index in [2.05, 4.69) is 148 Å². The average molecular weight is 1170 g/mol. The number of nitrogens with two attached hydrogens (primary N) is 1. The summed E-state index contributed by atoms with van der Waals surface area (Å²) < 4.78 is 6.29. The summed E-state index contributed by atoms with van der Waals surface area (Å²) in [6, 6.07) is 44.8. The van der Waals surface area contributed by atoms with Crippen molar-refractivity contribution in [2.24, 2.45) is 5.73 Å². The molecule has 0 aliphatic rings. The maximum atomic E-state index is 5.75. The molecular weight excluding hydrogens is 1100 g/mol. The molecule has 0 saturated heterocycles. The minimum absolute atomic E-state index is 0. The third-order valence-corrected chi connectivity index (χ3v) is 12.9. The first-order valence-corrected chi connectivity index (χ1v) is 25.4. The first kappa shape index (κ1) is 54.9. The minimum Gasteiger partial charge on any atom is -0.325 e. The van der Waals surface area contributed by atoms with Gasteiger partial charge in [0.15, 0.2) is 37.9 Å². The number of hydrogen-bond donors (Lipinski definition) is 1. The van der Waals surface area contributed by atoms with Crippen molar-refractivity contribution in [2.45, 2.75) is 83.8 Å². The van der Waals surface area contributed by atoms with Gasteiger partial charge in [0.25, 0.3) is 0 Å². The summed E-state index contributed by atoms with van der Waals surface area (Å²) >= 11 is 0. The average Bonchev–Trinajstić information content (AvgIpc) is 3.92. The van der Waals surface area contributed by atoms with Crippen LogP contribution < -0.4 is 14.9 Å². The van der Waals surface area contributed by atoms with E-state index in [0.29, 0.717) is 30.8 Å². The van der Waals surface area contributed by atoms with Gasteiger partial charge in [0.2, 0.25) is 0 Å². The Kier molecular flexibility index (Phi) is 21.3. The number of pyridine rings is 9. The van der Waals surface area contributed by atoms with Gasteiger partial charge in [-0.1, -0.05) is 43.3 Å². The molecule has 0 aliphatic carbocycles. The summed E-state index contributed by atoms with van der Waals surface area (Å²) in [7, 11) is 0. The van der Waals surface area contributed by atoms with Crippen LogP contribution >= 0.6 is 0 Å². The molecule has 10 aromatic rings. The molecule has 0 radical (unpaired) electrons. The van der Waals surface area contributed by atoms with E-state index in [4.69, 9.17) is 5.73 Å². The van der Waals surface area contributed by atoms with Crippen molar-refractivity contribution in [1.29, 1.82) is 0 Å². The molecule has 0 aliphatic heterocycles. The van der Waals surface area contributed by atoms with Crippen LogP contribution in [0, 0.1) is 6.92 Å². The maximum absolute atomic E-state index is 5.75. The third kappa shape index (κ3) is 16.8. The van der Waals surface area contributed by atoms with Crippen LogP contribution in [0.3, 0.4) is 0 Å². The second-order valence-corrected chi connectivity index (χ2v) is 18.3. The number of aromatic nitrogens is 12. The number of hydrogen-bond acceptors (Lipinski definition) is 10. The van der Waals surface area contributed by atoms with E-state index < -0.39 is 0 Å². The van der Waals surface area contributed by atoms with Gasteiger partial charge in [-0.2, -0.15) is 0 Å². The zero-order valence-corrected chi connectivity index (χ0v) is 45.4. The molecule has 0 spiro atoms. The zero-order chi connectivity index (χ0) is 51.2. The first-order chi connectivity index (χ1) is 36.4. The van der Waals surface area contributed by atoms with Crippen LogP contribution in [-0.4, -0.2) is 56.4 Å². The van der Waals surface area contributed by atoms with Gasteiger partial charge in [-0.05, 0) is 157 Å². The van der Waals surface area contributed by atoms with Crippen LogP contribution in [0.2, 0.25) is 0 Å². The molecule has 10 heterocycles. The van der Waals surface area contributed by atoms with E-state index in [1.807, 2.05) is 121 Å². The quantitative estimate of drug-likeness (QED) is 0.0821. The molecule has 3 unspecified atom stereocenters. The van der Waals surface area contributed by atoms with E-state index in [1.165, 1.54) is 16.7 Å². The predicted molar refractivity (Wildman–Crippen MR) is 290 cm³/mol. The minimum atomic E-state index is 0. The van der Waals surface area contributed by atoms with Gasteiger partial charge in [-0.15, -0.1) is 5.10 Å². The summed E-state index contributed by atoms with van der Waals surface area (Å²) in [6.45, 7) is 9.68. The molecule has 10 rings (SSSR count). The largest absolute Gasteiger partial charge is 0.325 e. The van der Waals surface area contributed by atoms with Crippen molar-refractivity contribution in [3.63, 3.8) is 0 Å². The van der Waals surface area contributed by atoms with Crippen LogP contribution in [0.1, 0.15) is 84.4 Å². The molecule has 2 N–H and O–H groups in total. The fraction of sp³-hybridized carbons (Fsp3) is 0.230. The predicted octanol–water partition coefficient (Wildman–Crippen LogP) is 10.4. The van der Waals surface area contributed by atoms with Crippen LogP contribution in [0.5, 0.6) is 0 Å². The molecule has 0 aromatic carbocycles. The van der Waals surface area contributed by atoms with Crippen molar-refractivity contribution in [3.8, 4) is 34.2 Å². The van der Waals surface area contributed by atoms with Crippen LogP contribution in [0.4, 0.5) is 0 Å². The summed E-state index contributed by atoms with van der Waals surface area (Å²) in [5, 5.41) is 8.86. The van der Waals surface area contributed by atoms with Gasteiger partial charge < -0.3 is 5.73 Å².